The van der Waals surface area contributed by atoms with E-state index in [1.807, 2.05) is 0 Å². The van der Waals surface area contributed by atoms with Crippen LogP contribution in [0.15, 0.2) is 24.3 Å². The highest BCUT2D eigenvalue weighted by Crippen LogP contribution is 2.15. The SMILES string of the molecule is CC(=O)Nc1cccc(CNC(=O)C(F)(F)F)c1. The fourth-order valence-corrected chi connectivity index (χ4v) is 1.24. The van der Waals surface area contributed by atoms with Gasteiger partial charge in [0.05, 0.1) is 0 Å². The van der Waals surface area contributed by atoms with E-state index < -0.39 is 12.1 Å². The van der Waals surface area contributed by atoms with Crippen molar-refractivity contribution >= 4 is 17.5 Å². The highest BCUT2D eigenvalue weighted by molar-refractivity contribution is 5.88. The zero-order valence-corrected chi connectivity index (χ0v) is 9.47. The normalized spacial score (nSPS) is 10.9. The number of carbonyl (C=O) groups excluding carboxylic acids is 2. The molecule has 0 aliphatic heterocycles. The Morgan fingerprint density at radius 2 is 1.94 bits per heavy atom. The first-order chi connectivity index (χ1) is 8.29. The van der Waals surface area contributed by atoms with Gasteiger partial charge in [-0.3, -0.25) is 9.59 Å². The number of benzene rings is 1. The lowest BCUT2D eigenvalue weighted by atomic mass is 10.2. The summed E-state index contributed by atoms with van der Waals surface area (Å²) in [5.41, 5.74) is 0.917. The number of alkyl halides is 3. The lowest BCUT2D eigenvalue weighted by Crippen LogP contribution is -2.36. The van der Waals surface area contributed by atoms with Crippen molar-refractivity contribution in [2.75, 3.05) is 5.32 Å². The predicted molar refractivity (Wildman–Crippen MR) is 58.6 cm³/mol. The summed E-state index contributed by atoms with van der Waals surface area (Å²) in [7, 11) is 0. The van der Waals surface area contributed by atoms with E-state index in [4.69, 9.17) is 0 Å². The predicted octanol–water partition coefficient (Wildman–Crippen LogP) is 1.82. The van der Waals surface area contributed by atoms with Crippen molar-refractivity contribution < 1.29 is 22.8 Å². The zero-order valence-electron chi connectivity index (χ0n) is 9.47. The Bertz CT molecular complexity index is 458. The molecule has 1 rings (SSSR count). The van der Waals surface area contributed by atoms with Gasteiger partial charge in [-0.25, -0.2) is 0 Å². The lowest BCUT2D eigenvalue weighted by molar-refractivity contribution is -0.173. The molecule has 2 amide bonds. The molecule has 18 heavy (non-hydrogen) atoms. The molecule has 0 aromatic heterocycles. The van der Waals surface area contributed by atoms with Crippen LogP contribution in [-0.4, -0.2) is 18.0 Å². The molecule has 1 aromatic carbocycles. The topological polar surface area (TPSA) is 58.2 Å². The quantitative estimate of drug-likeness (QED) is 0.871. The molecule has 0 bridgehead atoms. The van der Waals surface area contributed by atoms with Crippen molar-refractivity contribution in [3.05, 3.63) is 29.8 Å². The van der Waals surface area contributed by atoms with Crippen LogP contribution in [0.3, 0.4) is 0 Å². The van der Waals surface area contributed by atoms with Crippen molar-refractivity contribution in [2.24, 2.45) is 0 Å². The standard InChI is InChI=1S/C11H11F3N2O2/c1-7(17)16-9-4-2-3-8(5-9)6-15-10(18)11(12,13)14/h2-5H,6H2,1H3,(H,15,18)(H,16,17). The van der Waals surface area contributed by atoms with E-state index in [9.17, 15) is 22.8 Å². The first-order valence-electron chi connectivity index (χ1n) is 5.00. The molecule has 0 unspecified atom stereocenters. The van der Waals surface area contributed by atoms with Crippen molar-refractivity contribution in [3.63, 3.8) is 0 Å². The number of carbonyl (C=O) groups is 2. The average molecular weight is 260 g/mol. The minimum atomic E-state index is -4.89. The monoisotopic (exact) mass is 260 g/mol. The third-order valence-electron chi connectivity index (χ3n) is 1.96. The molecule has 0 saturated heterocycles. The minimum Gasteiger partial charge on any atom is -0.344 e. The van der Waals surface area contributed by atoms with Crippen LogP contribution in [0.4, 0.5) is 18.9 Å². The molecular weight excluding hydrogens is 249 g/mol. The summed E-state index contributed by atoms with van der Waals surface area (Å²) < 4.78 is 35.8. The van der Waals surface area contributed by atoms with E-state index in [0.29, 0.717) is 11.3 Å². The van der Waals surface area contributed by atoms with Crippen LogP contribution in [0.2, 0.25) is 0 Å². The summed E-state index contributed by atoms with van der Waals surface area (Å²) in [6, 6.07) is 6.19. The van der Waals surface area contributed by atoms with Crippen molar-refractivity contribution in [1.29, 1.82) is 0 Å². The number of halogens is 3. The van der Waals surface area contributed by atoms with Crippen LogP contribution in [0.5, 0.6) is 0 Å². The van der Waals surface area contributed by atoms with Gasteiger partial charge in [0.2, 0.25) is 5.91 Å². The molecule has 7 heteroatoms. The summed E-state index contributed by atoms with van der Waals surface area (Å²) in [6.07, 6.45) is -4.89. The highest BCUT2D eigenvalue weighted by Gasteiger charge is 2.38. The number of anilines is 1. The van der Waals surface area contributed by atoms with Crippen molar-refractivity contribution in [2.45, 2.75) is 19.6 Å². The summed E-state index contributed by atoms with van der Waals surface area (Å²) in [5.74, 6) is -2.28. The third kappa shape index (κ3) is 4.44. The van der Waals surface area contributed by atoms with Crippen molar-refractivity contribution in [1.82, 2.24) is 5.32 Å². The van der Waals surface area contributed by atoms with Crippen LogP contribution in [-0.2, 0) is 16.1 Å². The van der Waals surface area contributed by atoms with Crippen LogP contribution < -0.4 is 10.6 Å². The van der Waals surface area contributed by atoms with Gasteiger partial charge in [-0.2, -0.15) is 13.2 Å². The molecule has 0 aliphatic carbocycles. The summed E-state index contributed by atoms with van der Waals surface area (Å²) >= 11 is 0. The molecule has 0 aliphatic rings. The van der Waals surface area contributed by atoms with E-state index in [1.165, 1.54) is 13.0 Å². The highest BCUT2D eigenvalue weighted by atomic mass is 19.4. The van der Waals surface area contributed by atoms with Crippen LogP contribution in [0.25, 0.3) is 0 Å². The van der Waals surface area contributed by atoms with Crippen LogP contribution in [0.1, 0.15) is 12.5 Å². The number of hydrogen-bond acceptors (Lipinski definition) is 2. The van der Waals surface area contributed by atoms with E-state index in [-0.39, 0.29) is 12.5 Å². The summed E-state index contributed by atoms with van der Waals surface area (Å²) in [6.45, 7) is 1.06. The maximum absolute atomic E-state index is 11.9. The van der Waals surface area contributed by atoms with Gasteiger partial charge in [0, 0.05) is 19.2 Å². The molecule has 2 N–H and O–H groups in total. The number of nitrogens with one attached hydrogen (secondary N) is 2. The smallest absolute Gasteiger partial charge is 0.344 e. The van der Waals surface area contributed by atoms with Crippen LogP contribution in [0, 0.1) is 0 Å². The Hall–Kier alpha value is -2.05. The van der Waals surface area contributed by atoms with Gasteiger partial charge in [-0.05, 0) is 17.7 Å². The fraction of sp³-hybridized carbons (Fsp3) is 0.273. The maximum Gasteiger partial charge on any atom is 0.471 e. The van der Waals surface area contributed by atoms with Gasteiger partial charge in [-0.15, -0.1) is 0 Å². The third-order valence-corrected chi connectivity index (χ3v) is 1.96. The largest absolute Gasteiger partial charge is 0.471 e. The average Bonchev–Trinajstić information content (AvgIpc) is 2.24. The summed E-state index contributed by atoms with van der Waals surface area (Å²) in [4.78, 5) is 21.4. The Labute approximate surface area is 101 Å². The molecule has 1 aromatic rings. The number of amides is 2. The fourth-order valence-electron chi connectivity index (χ4n) is 1.24. The van der Waals surface area contributed by atoms with Gasteiger partial charge in [-0.1, -0.05) is 12.1 Å². The van der Waals surface area contributed by atoms with Crippen molar-refractivity contribution in [3.8, 4) is 0 Å². The molecule has 0 fully saturated rings. The Kier molecular flexibility index (Phi) is 4.30. The first kappa shape index (κ1) is 14.0. The zero-order chi connectivity index (χ0) is 13.8. The second kappa shape index (κ2) is 5.52. The molecule has 0 spiro atoms. The van der Waals surface area contributed by atoms with Gasteiger partial charge in [0.1, 0.15) is 0 Å². The van der Waals surface area contributed by atoms with Crippen LogP contribution >= 0.6 is 0 Å². The Morgan fingerprint density at radius 3 is 2.50 bits per heavy atom. The summed E-state index contributed by atoms with van der Waals surface area (Å²) in [5, 5.41) is 4.23. The molecule has 0 heterocycles. The van der Waals surface area contributed by atoms with E-state index in [0.717, 1.165) is 0 Å². The van der Waals surface area contributed by atoms with E-state index in [2.05, 4.69) is 5.32 Å². The molecular formula is C11H11F3N2O2. The second-order valence-corrected chi connectivity index (χ2v) is 3.56. The van der Waals surface area contributed by atoms with E-state index in [1.54, 1.807) is 23.5 Å². The number of hydrogen-bond donors (Lipinski definition) is 2. The first-order valence-corrected chi connectivity index (χ1v) is 5.00. The number of rotatable bonds is 3. The Balaban J connectivity index is 2.63. The Morgan fingerprint density at radius 1 is 1.28 bits per heavy atom. The molecule has 0 saturated carbocycles. The van der Waals surface area contributed by atoms with Gasteiger partial charge < -0.3 is 10.6 Å². The molecule has 0 atom stereocenters. The van der Waals surface area contributed by atoms with Gasteiger partial charge >= 0.3 is 12.1 Å². The molecule has 4 nitrogen and oxygen atoms in total. The van der Waals surface area contributed by atoms with Gasteiger partial charge in [0.15, 0.2) is 0 Å². The minimum absolute atomic E-state index is 0.258. The molecule has 0 radical (unpaired) electrons. The second-order valence-electron chi connectivity index (χ2n) is 3.56. The van der Waals surface area contributed by atoms with Gasteiger partial charge in [0.25, 0.3) is 0 Å². The van der Waals surface area contributed by atoms with E-state index >= 15 is 0 Å². The molecule has 98 valence electrons. The maximum atomic E-state index is 11.9. The lowest BCUT2D eigenvalue weighted by Gasteiger charge is -2.09.